The third-order valence-corrected chi connectivity index (χ3v) is 3.24. The van der Waals surface area contributed by atoms with Crippen LogP contribution >= 0.6 is 0 Å². The molecule has 0 fully saturated rings. The normalized spacial score (nSPS) is 25.0. The molecule has 84 valence electrons. The lowest BCUT2D eigenvalue weighted by Crippen LogP contribution is -2.25. The summed E-state index contributed by atoms with van der Waals surface area (Å²) in [6.45, 7) is 5.86. The van der Waals surface area contributed by atoms with Crippen LogP contribution in [0, 0.1) is 11.8 Å². The summed E-state index contributed by atoms with van der Waals surface area (Å²) in [5.41, 5.74) is 2.08. The predicted molar refractivity (Wildman–Crippen MR) is 62.9 cm³/mol. The van der Waals surface area contributed by atoms with Crippen LogP contribution in [0.2, 0.25) is 0 Å². The summed E-state index contributed by atoms with van der Waals surface area (Å²) >= 11 is 0. The Morgan fingerprint density at radius 2 is 2.00 bits per heavy atom. The minimum atomic E-state index is 0.0233. The van der Waals surface area contributed by atoms with Crippen LogP contribution in [0.3, 0.4) is 0 Å². The Labute approximate surface area is 95.7 Å². The summed E-state index contributed by atoms with van der Waals surface area (Å²) in [4.78, 5) is 24.2. The predicted octanol–water partition coefficient (Wildman–Crippen LogP) is 2.61. The second kappa shape index (κ2) is 3.85. The number of hydrogen-bond donors (Lipinski definition) is 0. The molecule has 0 aromatic rings. The van der Waals surface area contributed by atoms with Gasteiger partial charge in [-0.05, 0) is 18.4 Å². The highest BCUT2D eigenvalue weighted by Gasteiger charge is 2.32. The van der Waals surface area contributed by atoms with Crippen LogP contribution in [0.15, 0.2) is 34.9 Å². The van der Waals surface area contributed by atoms with Crippen LogP contribution in [0.1, 0.15) is 27.2 Å². The molecular weight excluding hydrogens is 200 g/mol. The zero-order chi connectivity index (χ0) is 11.9. The molecule has 0 radical (unpaired) electrons. The van der Waals surface area contributed by atoms with Crippen molar-refractivity contribution in [2.45, 2.75) is 27.2 Å². The van der Waals surface area contributed by atoms with Crippen molar-refractivity contribution in [3.8, 4) is 0 Å². The Morgan fingerprint density at radius 1 is 1.31 bits per heavy atom. The van der Waals surface area contributed by atoms with Crippen molar-refractivity contribution >= 4 is 11.6 Å². The van der Waals surface area contributed by atoms with Gasteiger partial charge in [-0.2, -0.15) is 0 Å². The van der Waals surface area contributed by atoms with E-state index in [0.717, 1.165) is 0 Å². The van der Waals surface area contributed by atoms with Gasteiger partial charge >= 0.3 is 0 Å². The quantitative estimate of drug-likeness (QED) is 0.498. The molecule has 1 atom stereocenters. The largest absolute Gasteiger partial charge is 0.290 e. The Bertz CT molecular complexity index is 447. The zero-order valence-corrected chi connectivity index (χ0v) is 9.91. The van der Waals surface area contributed by atoms with Crippen LogP contribution in [0.4, 0.5) is 0 Å². The van der Waals surface area contributed by atoms with Crippen LogP contribution in [0.5, 0.6) is 0 Å². The molecule has 2 nitrogen and oxygen atoms in total. The molecule has 0 N–H and O–H groups in total. The lowest BCUT2D eigenvalue weighted by molar-refractivity contribution is -0.116. The highest BCUT2D eigenvalue weighted by Crippen LogP contribution is 2.33. The number of hydrogen-bond acceptors (Lipinski definition) is 2. The van der Waals surface area contributed by atoms with Crippen molar-refractivity contribution in [2.75, 3.05) is 0 Å². The van der Waals surface area contributed by atoms with Crippen molar-refractivity contribution in [1.82, 2.24) is 0 Å². The summed E-state index contributed by atoms with van der Waals surface area (Å²) in [6.07, 6.45) is 6.12. The highest BCUT2D eigenvalue weighted by molar-refractivity contribution is 6.23. The molecule has 2 heteroatoms. The van der Waals surface area contributed by atoms with Gasteiger partial charge in [0, 0.05) is 22.6 Å². The molecule has 16 heavy (non-hydrogen) atoms. The second-order valence-electron chi connectivity index (χ2n) is 4.76. The van der Waals surface area contributed by atoms with Gasteiger partial charge in [0.15, 0.2) is 11.6 Å². The lowest BCUT2D eigenvalue weighted by Gasteiger charge is -2.25. The first-order chi connectivity index (χ1) is 7.52. The number of ketones is 2. The van der Waals surface area contributed by atoms with Gasteiger partial charge in [-0.25, -0.2) is 0 Å². The van der Waals surface area contributed by atoms with E-state index in [1.807, 2.05) is 32.9 Å². The Morgan fingerprint density at radius 3 is 2.62 bits per heavy atom. The van der Waals surface area contributed by atoms with Crippen LogP contribution < -0.4 is 0 Å². The molecule has 2 aliphatic rings. The molecule has 0 aromatic carbocycles. The van der Waals surface area contributed by atoms with E-state index in [0.29, 0.717) is 23.1 Å². The number of carbonyl (C=O) groups is 2. The second-order valence-corrected chi connectivity index (χ2v) is 4.76. The first-order valence-corrected chi connectivity index (χ1v) is 5.72. The van der Waals surface area contributed by atoms with E-state index in [1.54, 1.807) is 0 Å². The van der Waals surface area contributed by atoms with Crippen molar-refractivity contribution in [1.29, 1.82) is 0 Å². The van der Waals surface area contributed by atoms with Crippen LogP contribution in [-0.4, -0.2) is 11.6 Å². The van der Waals surface area contributed by atoms with Crippen LogP contribution in [-0.2, 0) is 9.59 Å². The van der Waals surface area contributed by atoms with Crippen molar-refractivity contribution in [3.05, 3.63) is 34.9 Å². The van der Waals surface area contributed by atoms with Gasteiger partial charge in [-0.15, -0.1) is 0 Å². The van der Waals surface area contributed by atoms with Crippen molar-refractivity contribution in [3.63, 3.8) is 0 Å². The van der Waals surface area contributed by atoms with E-state index >= 15 is 0 Å². The van der Waals surface area contributed by atoms with Gasteiger partial charge < -0.3 is 0 Å². The third-order valence-electron chi connectivity index (χ3n) is 3.24. The minimum Gasteiger partial charge on any atom is -0.290 e. The Kier molecular flexibility index (Phi) is 2.66. The average Bonchev–Trinajstić information content (AvgIpc) is 2.22. The maximum Gasteiger partial charge on any atom is 0.186 e. The van der Waals surface area contributed by atoms with E-state index < -0.39 is 0 Å². The fraction of sp³-hybridized carbons (Fsp3) is 0.429. The fourth-order valence-corrected chi connectivity index (χ4v) is 2.35. The van der Waals surface area contributed by atoms with E-state index in [4.69, 9.17) is 0 Å². The topological polar surface area (TPSA) is 34.1 Å². The standard InChI is InChI=1S/C14H16O2/c1-8(2)11-7-12(15)13-9(3)5-4-6-10(13)14(11)16/h4-5,7-9H,6H2,1-3H3/t9-/m0/s1. The number of Topliss-reactive ketones (excluding diaryl/α,β-unsaturated/α-hetero) is 1. The first kappa shape index (κ1) is 11.1. The fourth-order valence-electron chi connectivity index (χ4n) is 2.35. The van der Waals surface area contributed by atoms with E-state index in [9.17, 15) is 9.59 Å². The number of rotatable bonds is 1. The lowest BCUT2D eigenvalue weighted by atomic mass is 9.77. The summed E-state index contributed by atoms with van der Waals surface area (Å²) < 4.78 is 0. The zero-order valence-electron chi connectivity index (χ0n) is 9.91. The maximum absolute atomic E-state index is 12.2. The van der Waals surface area contributed by atoms with Gasteiger partial charge in [-0.1, -0.05) is 32.9 Å². The molecule has 0 aliphatic heterocycles. The van der Waals surface area contributed by atoms with Crippen LogP contribution in [0.25, 0.3) is 0 Å². The molecule has 0 bridgehead atoms. The third kappa shape index (κ3) is 1.58. The van der Waals surface area contributed by atoms with E-state index in [1.165, 1.54) is 6.08 Å². The van der Waals surface area contributed by atoms with Gasteiger partial charge in [0.1, 0.15) is 0 Å². The van der Waals surface area contributed by atoms with Gasteiger partial charge in [0.05, 0.1) is 0 Å². The number of allylic oxidation sites excluding steroid dienone is 6. The summed E-state index contributed by atoms with van der Waals surface area (Å²) in [5, 5.41) is 0. The molecular formula is C14H16O2. The van der Waals surface area contributed by atoms with Crippen molar-refractivity contribution in [2.24, 2.45) is 11.8 Å². The monoisotopic (exact) mass is 216 g/mol. The van der Waals surface area contributed by atoms with Gasteiger partial charge in [0.25, 0.3) is 0 Å². The molecule has 0 saturated carbocycles. The highest BCUT2D eigenvalue weighted by atomic mass is 16.1. The van der Waals surface area contributed by atoms with Crippen molar-refractivity contribution < 1.29 is 9.59 Å². The summed E-state index contributed by atoms with van der Waals surface area (Å²) in [6, 6.07) is 0. The molecule has 0 unspecified atom stereocenters. The Hall–Kier alpha value is -1.44. The molecule has 2 aliphatic carbocycles. The summed E-state index contributed by atoms with van der Waals surface area (Å²) in [7, 11) is 0. The minimum absolute atomic E-state index is 0.0233. The molecule has 0 aromatic heterocycles. The summed E-state index contributed by atoms with van der Waals surface area (Å²) in [5.74, 6) is 0.285. The molecule has 0 spiro atoms. The first-order valence-electron chi connectivity index (χ1n) is 5.72. The smallest absolute Gasteiger partial charge is 0.186 e. The van der Waals surface area contributed by atoms with Gasteiger partial charge in [-0.3, -0.25) is 9.59 Å². The SMILES string of the molecule is CC(C)C1=CC(=O)C2=C(CC=C[C@@H]2C)C1=O. The van der Waals surface area contributed by atoms with E-state index in [2.05, 4.69) is 0 Å². The Balaban J connectivity index is 2.46. The van der Waals surface area contributed by atoms with Gasteiger partial charge in [0.2, 0.25) is 0 Å². The molecule has 0 saturated heterocycles. The number of carbonyl (C=O) groups excluding carboxylic acids is 2. The maximum atomic E-state index is 12.2. The molecule has 2 rings (SSSR count). The molecule has 0 heterocycles. The average molecular weight is 216 g/mol. The molecule has 0 amide bonds. The van der Waals surface area contributed by atoms with E-state index in [-0.39, 0.29) is 23.4 Å².